The highest BCUT2D eigenvalue weighted by molar-refractivity contribution is 5.68. The predicted molar refractivity (Wildman–Crippen MR) is 122 cm³/mol. The van der Waals surface area contributed by atoms with E-state index in [-0.39, 0.29) is 0 Å². The summed E-state index contributed by atoms with van der Waals surface area (Å²) in [5, 5.41) is 0. The van der Waals surface area contributed by atoms with Gasteiger partial charge in [-0.25, -0.2) is 4.39 Å². The zero-order chi connectivity index (χ0) is 20.5. The molecule has 0 saturated heterocycles. The van der Waals surface area contributed by atoms with Gasteiger partial charge in [-0.05, 0) is 55.4 Å². The van der Waals surface area contributed by atoms with Crippen molar-refractivity contribution in [3.05, 3.63) is 96.7 Å². The van der Waals surface area contributed by atoms with Gasteiger partial charge in [-0.3, -0.25) is 4.98 Å². The summed E-state index contributed by atoms with van der Waals surface area (Å²) in [6.45, 7) is 5.39. The van der Waals surface area contributed by atoms with Gasteiger partial charge in [-0.1, -0.05) is 72.8 Å². The van der Waals surface area contributed by atoms with Crippen molar-refractivity contribution < 1.29 is 4.39 Å². The van der Waals surface area contributed by atoms with E-state index in [4.69, 9.17) is 0 Å². The molecule has 2 heteroatoms. The summed E-state index contributed by atoms with van der Waals surface area (Å²) in [4.78, 5) is 4.64. The normalized spacial score (nSPS) is 12.2. The lowest BCUT2D eigenvalue weighted by Gasteiger charge is -2.06. The lowest BCUT2D eigenvalue weighted by Crippen LogP contribution is -1.90. The Labute approximate surface area is 173 Å². The van der Waals surface area contributed by atoms with Crippen LogP contribution < -0.4 is 0 Å². The van der Waals surface area contributed by atoms with Crippen molar-refractivity contribution in [3.8, 4) is 22.4 Å². The average molecular weight is 386 g/mol. The maximum absolute atomic E-state index is 12.8. The van der Waals surface area contributed by atoms with E-state index in [9.17, 15) is 4.39 Å². The molecule has 0 N–H and O–H groups in total. The van der Waals surface area contributed by atoms with E-state index in [1.165, 1.54) is 5.56 Å². The van der Waals surface area contributed by atoms with E-state index >= 15 is 0 Å². The van der Waals surface area contributed by atoms with Gasteiger partial charge in [-0.15, -0.1) is 6.58 Å². The minimum Gasteiger partial charge on any atom is -0.256 e. The summed E-state index contributed by atoms with van der Waals surface area (Å²) in [5.74, 6) is 0. The van der Waals surface area contributed by atoms with E-state index < -0.39 is 6.17 Å². The van der Waals surface area contributed by atoms with Gasteiger partial charge in [0.1, 0.15) is 0 Å². The van der Waals surface area contributed by atoms with E-state index in [0.29, 0.717) is 6.42 Å². The summed E-state index contributed by atoms with van der Waals surface area (Å²) in [7, 11) is 0. The molecule has 0 radical (unpaired) electrons. The van der Waals surface area contributed by atoms with Gasteiger partial charge in [0, 0.05) is 17.3 Å². The van der Waals surface area contributed by atoms with Crippen LogP contribution in [-0.2, 0) is 6.42 Å². The topological polar surface area (TPSA) is 12.9 Å². The number of aromatic nitrogens is 1. The molecule has 3 aromatic rings. The van der Waals surface area contributed by atoms with Crippen molar-refractivity contribution in [2.75, 3.05) is 0 Å². The Hall–Kier alpha value is -3.00. The second-order valence-corrected chi connectivity index (χ2v) is 7.36. The second kappa shape index (κ2) is 10.5. The molecule has 1 unspecified atom stereocenters. The largest absolute Gasteiger partial charge is 0.256 e. The van der Waals surface area contributed by atoms with Crippen LogP contribution in [0.1, 0.15) is 37.3 Å². The molecular weight excluding hydrogens is 357 g/mol. The number of halogens is 1. The van der Waals surface area contributed by atoms with Crippen LogP contribution in [0.5, 0.6) is 0 Å². The van der Waals surface area contributed by atoms with Crippen LogP contribution >= 0.6 is 0 Å². The van der Waals surface area contributed by atoms with E-state index in [2.05, 4.69) is 84.4 Å². The summed E-state index contributed by atoms with van der Waals surface area (Å²) in [6, 6.07) is 21.1. The third-order valence-corrected chi connectivity index (χ3v) is 4.92. The molecule has 148 valence electrons. The third kappa shape index (κ3) is 6.25. The fourth-order valence-electron chi connectivity index (χ4n) is 3.24. The number of pyridine rings is 1. The SMILES string of the molecule is C=CCc1ccc(-c2ccc(-c3ccc(/C=C/CCCC(C)F)cc3)cn2)cc1. The summed E-state index contributed by atoms with van der Waals surface area (Å²) in [5.41, 5.74) is 6.75. The van der Waals surface area contributed by atoms with Gasteiger partial charge >= 0.3 is 0 Å². The first kappa shape index (κ1) is 20.7. The van der Waals surface area contributed by atoms with Crippen LogP contribution in [0.4, 0.5) is 4.39 Å². The van der Waals surface area contributed by atoms with Gasteiger partial charge < -0.3 is 0 Å². The Kier molecular flexibility index (Phi) is 7.52. The first-order valence-electron chi connectivity index (χ1n) is 10.2. The number of alkyl halides is 1. The Balaban J connectivity index is 1.62. The zero-order valence-corrected chi connectivity index (χ0v) is 17.0. The molecule has 1 nitrogen and oxygen atoms in total. The minimum absolute atomic E-state index is 0.630. The number of allylic oxidation sites excluding steroid dienone is 2. The molecule has 0 aliphatic heterocycles. The summed E-state index contributed by atoms with van der Waals surface area (Å²) < 4.78 is 12.8. The molecule has 1 atom stereocenters. The van der Waals surface area contributed by atoms with Crippen LogP contribution in [0.25, 0.3) is 28.5 Å². The van der Waals surface area contributed by atoms with Crippen molar-refractivity contribution in [1.82, 2.24) is 4.98 Å². The molecule has 0 aliphatic carbocycles. The van der Waals surface area contributed by atoms with Crippen LogP contribution in [0.2, 0.25) is 0 Å². The molecule has 0 fully saturated rings. The molecule has 0 saturated carbocycles. The fraction of sp³-hybridized carbons (Fsp3) is 0.222. The number of nitrogens with zero attached hydrogens (tertiary/aromatic N) is 1. The molecule has 2 aromatic carbocycles. The first-order valence-corrected chi connectivity index (χ1v) is 10.2. The first-order chi connectivity index (χ1) is 14.2. The van der Waals surface area contributed by atoms with Crippen LogP contribution in [-0.4, -0.2) is 11.2 Å². The lowest BCUT2D eigenvalue weighted by molar-refractivity contribution is 0.335. The van der Waals surface area contributed by atoms with Gasteiger partial charge in [-0.2, -0.15) is 0 Å². The second-order valence-electron chi connectivity index (χ2n) is 7.36. The highest BCUT2D eigenvalue weighted by Crippen LogP contribution is 2.23. The molecule has 0 spiro atoms. The predicted octanol–water partition coefficient (Wildman–Crippen LogP) is 7.69. The molecule has 1 aromatic heterocycles. The van der Waals surface area contributed by atoms with Gasteiger partial charge in [0.25, 0.3) is 0 Å². The highest BCUT2D eigenvalue weighted by Gasteiger charge is 2.02. The minimum atomic E-state index is -0.709. The van der Waals surface area contributed by atoms with Gasteiger partial charge in [0.05, 0.1) is 11.9 Å². The van der Waals surface area contributed by atoms with Crippen molar-refractivity contribution >= 4 is 6.08 Å². The highest BCUT2D eigenvalue weighted by atomic mass is 19.1. The molecule has 0 amide bonds. The average Bonchev–Trinajstić information content (AvgIpc) is 2.75. The van der Waals surface area contributed by atoms with Gasteiger partial charge in [0.2, 0.25) is 0 Å². The quantitative estimate of drug-likeness (QED) is 0.272. The lowest BCUT2D eigenvalue weighted by atomic mass is 10.0. The van der Waals surface area contributed by atoms with Crippen molar-refractivity contribution in [1.29, 1.82) is 0 Å². The Morgan fingerprint density at radius 3 is 2.24 bits per heavy atom. The number of rotatable bonds is 9. The Morgan fingerprint density at radius 2 is 1.62 bits per heavy atom. The third-order valence-electron chi connectivity index (χ3n) is 4.92. The smallest absolute Gasteiger partial charge is 0.0973 e. The molecule has 3 rings (SSSR count). The molecule has 29 heavy (non-hydrogen) atoms. The van der Waals surface area contributed by atoms with E-state index in [1.54, 1.807) is 6.92 Å². The molecule has 0 bridgehead atoms. The number of hydrogen-bond donors (Lipinski definition) is 0. The van der Waals surface area contributed by atoms with Crippen molar-refractivity contribution in [2.45, 2.75) is 38.8 Å². The summed E-state index contributed by atoms with van der Waals surface area (Å²) in [6.07, 6.45) is 10.7. The maximum Gasteiger partial charge on any atom is 0.0973 e. The standard InChI is InChI=1S/C27H28FN/c1-3-7-22-12-16-25(17-13-22)27-19-18-26(20-29-27)24-14-10-23(11-15-24)9-6-4-5-8-21(2)28/h3,6,9-21H,1,4-5,7-8H2,2H3/b9-6+. The van der Waals surface area contributed by atoms with Crippen molar-refractivity contribution in [2.24, 2.45) is 0 Å². The fourth-order valence-corrected chi connectivity index (χ4v) is 3.24. The Morgan fingerprint density at radius 1 is 0.931 bits per heavy atom. The zero-order valence-electron chi connectivity index (χ0n) is 17.0. The molecule has 1 heterocycles. The molecule has 0 aliphatic rings. The monoisotopic (exact) mass is 385 g/mol. The Bertz CT molecular complexity index is 920. The number of unbranched alkanes of at least 4 members (excludes halogenated alkanes) is 1. The number of benzene rings is 2. The number of hydrogen-bond acceptors (Lipinski definition) is 1. The molecular formula is C27H28FN. The van der Waals surface area contributed by atoms with Crippen molar-refractivity contribution in [3.63, 3.8) is 0 Å². The van der Waals surface area contributed by atoms with Gasteiger partial charge in [0.15, 0.2) is 0 Å². The van der Waals surface area contributed by atoms with Crippen LogP contribution in [0.15, 0.2) is 85.6 Å². The van der Waals surface area contributed by atoms with Crippen LogP contribution in [0, 0.1) is 0 Å². The van der Waals surface area contributed by atoms with E-state index in [0.717, 1.165) is 47.2 Å². The summed E-state index contributed by atoms with van der Waals surface area (Å²) >= 11 is 0. The van der Waals surface area contributed by atoms with E-state index in [1.807, 2.05) is 12.3 Å². The van der Waals surface area contributed by atoms with Crippen LogP contribution in [0.3, 0.4) is 0 Å². The maximum atomic E-state index is 12.8.